The fraction of sp³-hybridized carbons (Fsp3) is 0.808. The van der Waals surface area contributed by atoms with E-state index in [9.17, 15) is 15.0 Å². The predicted molar refractivity (Wildman–Crippen MR) is 116 cm³/mol. The van der Waals surface area contributed by atoms with Gasteiger partial charge in [0, 0.05) is 6.42 Å². The third-order valence-corrected chi connectivity index (χ3v) is 10.7. The first-order chi connectivity index (χ1) is 13.4. The average Bonchev–Trinajstić information content (AvgIpc) is 2.91. The molecule has 0 heterocycles. The van der Waals surface area contributed by atoms with E-state index in [1.54, 1.807) is 5.57 Å². The van der Waals surface area contributed by atoms with E-state index in [4.69, 9.17) is 0 Å². The molecule has 2 saturated carbocycles. The predicted octanol–water partition coefficient (Wildman–Crippen LogP) is 5.98. The zero-order chi connectivity index (χ0) is 21.4. The molecule has 4 aliphatic rings. The molecule has 2 fully saturated rings. The number of aliphatic carboxylic acids is 1. The van der Waals surface area contributed by atoms with E-state index in [1.165, 1.54) is 12.0 Å². The molecule has 2 N–H and O–H groups in total. The summed E-state index contributed by atoms with van der Waals surface area (Å²) in [6, 6.07) is 0. The summed E-state index contributed by atoms with van der Waals surface area (Å²) in [6.45, 7) is 13.9. The molecule has 3 nitrogen and oxygen atoms in total. The number of carboxylic acids is 1. The van der Waals surface area contributed by atoms with Crippen molar-refractivity contribution in [2.75, 3.05) is 0 Å². The minimum atomic E-state index is -0.681. The zero-order valence-electron chi connectivity index (χ0n) is 19.2. The molecule has 162 valence electrons. The quantitative estimate of drug-likeness (QED) is 0.612. The van der Waals surface area contributed by atoms with Crippen LogP contribution < -0.4 is 0 Å². The van der Waals surface area contributed by atoms with Crippen molar-refractivity contribution in [3.05, 3.63) is 23.3 Å². The number of hydrogen-bond acceptors (Lipinski definition) is 2. The van der Waals surface area contributed by atoms with Crippen molar-refractivity contribution in [3.63, 3.8) is 0 Å². The van der Waals surface area contributed by atoms with Gasteiger partial charge in [0.25, 0.3) is 0 Å². The van der Waals surface area contributed by atoms with E-state index in [0.717, 1.165) is 32.1 Å². The normalized spacial score (nSPS) is 46.7. The first-order valence-electron chi connectivity index (χ1n) is 11.7. The molecule has 29 heavy (non-hydrogen) atoms. The van der Waals surface area contributed by atoms with Gasteiger partial charge in [-0.1, -0.05) is 53.7 Å². The third-order valence-electron chi connectivity index (χ3n) is 10.7. The van der Waals surface area contributed by atoms with Crippen LogP contribution in [-0.4, -0.2) is 22.3 Å². The summed E-state index contributed by atoms with van der Waals surface area (Å²) in [5.41, 5.74) is 3.38. The Kier molecular flexibility index (Phi) is 4.71. The molecular weight excluding hydrogens is 360 g/mol. The van der Waals surface area contributed by atoms with Crippen LogP contribution in [0.4, 0.5) is 0 Å². The van der Waals surface area contributed by atoms with Crippen LogP contribution in [0.1, 0.15) is 86.5 Å². The van der Waals surface area contributed by atoms with Crippen LogP contribution in [0.25, 0.3) is 0 Å². The van der Waals surface area contributed by atoms with Crippen molar-refractivity contribution in [3.8, 4) is 0 Å². The molecule has 4 aliphatic carbocycles. The summed E-state index contributed by atoms with van der Waals surface area (Å²) in [5, 5.41) is 20.1. The number of allylic oxidation sites excluding steroid dienone is 4. The Hall–Kier alpha value is -1.09. The van der Waals surface area contributed by atoms with Gasteiger partial charge in [0.2, 0.25) is 0 Å². The largest absolute Gasteiger partial charge is 0.481 e. The van der Waals surface area contributed by atoms with Gasteiger partial charge in [-0.3, -0.25) is 4.79 Å². The Morgan fingerprint density at radius 1 is 1.14 bits per heavy atom. The molecular formula is C26H40O3. The lowest BCUT2D eigenvalue weighted by Gasteiger charge is -2.62. The number of aliphatic hydroxyl groups is 1. The standard InChI is InChI=1S/C26H40O3/c1-16(15-22(28)29)25(5)13-10-19-17-7-8-20-23(2,3)21(27)11-12-24(20,4)18(17)9-14-26(19,25)6/h7,10,16,18,20-21,27H,8-9,11-15H2,1-6H3,(H,28,29)/t16-,18-,20+,21-,24-,25+,26-/m1/s1. The third kappa shape index (κ3) is 2.68. The summed E-state index contributed by atoms with van der Waals surface area (Å²) in [6.07, 6.45) is 11.4. The van der Waals surface area contributed by atoms with E-state index in [-0.39, 0.29) is 40.1 Å². The van der Waals surface area contributed by atoms with Crippen molar-refractivity contribution < 1.29 is 15.0 Å². The lowest BCUT2D eigenvalue weighted by Crippen LogP contribution is -2.56. The minimum absolute atomic E-state index is 0.00627. The maximum absolute atomic E-state index is 11.4. The van der Waals surface area contributed by atoms with Crippen molar-refractivity contribution in [2.45, 2.75) is 92.6 Å². The molecule has 7 atom stereocenters. The molecule has 0 aromatic heterocycles. The molecule has 0 spiro atoms. The molecule has 0 aromatic rings. The Bertz CT molecular complexity index is 777. The number of hydrogen-bond donors (Lipinski definition) is 2. The van der Waals surface area contributed by atoms with Crippen molar-refractivity contribution in [1.29, 1.82) is 0 Å². The molecule has 0 aliphatic heterocycles. The van der Waals surface area contributed by atoms with Gasteiger partial charge < -0.3 is 10.2 Å². The van der Waals surface area contributed by atoms with Gasteiger partial charge in [-0.25, -0.2) is 0 Å². The maximum Gasteiger partial charge on any atom is 0.303 e. The van der Waals surface area contributed by atoms with Crippen LogP contribution in [0, 0.1) is 39.4 Å². The van der Waals surface area contributed by atoms with Gasteiger partial charge in [-0.05, 0) is 89.1 Å². The van der Waals surface area contributed by atoms with Crippen LogP contribution in [-0.2, 0) is 4.79 Å². The van der Waals surface area contributed by atoms with E-state index in [2.05, 4.69) is 53.7 Å². The monoisotopic (exact) mass is 400 g/mol. The lowest BCUT2D eigenvalue weighted by atomic mass is 9.43. The average molecular weight is 401 g/mol. The van der Waals surface area contributed by atoms with Gasteiger partial charge in [0.15, 0.2) is 0 Å². The molecule has 4 rings (SSSR count). The first kappa shape index (κ1) is 21.2. The molecule has 0 bridgehead atoms. The number of rotatable bonds is 3. The second kappa shape index (κ2) is 6.45. The second-order valence-electron chi connectivity index (χ2n) is 12.0. The molecule has 0 radical (unpaired) electrons. The highest BCUT2D eigenvalue weighted by molar-refractivity contribution is 5.67. The molecule has 0 saturated heterocycles. The van der Waals surface area contributed by atoms with Gasteiger partial charge in [0.05, 0.1) is 6.10 Å². The molecule has 0 aromatic carbocycles. The summed E-state index contributed by atoms with van der Waals surface area (Å²) in [4.78, 5) is 11.4. The number of aliphatic hydroxyl groups excluding tert-OH is 1. The zero-order valence-corrected chi connectivity index (χ0v) is 19.2. The smallest absolute Gasteiger partial charge is 0.303 e. The van der Waals surface area contributed by atoms with Crippen molar-refractivity contribution in [2.24, 2.45) is 39.4 Å². The van der Waals surface area contributed by atoms with Crippen molar-refractivity contribution >= 4 is 5.97 Å². The van der Waals surface area contributed by atoms with E-state index in [0.29, 0.717) is 11.8 Å². The highest BCUT2D eigenvalue weighted by Gasteiger charge is 2.61. The Morgan fingerprint density at radius 2 is 1.83 bits per heavy atom. The van der Waals surface area contributed by atoms with Gasteiger partial charge >= 0.3 is 5.97 Å². The highest BCUT2D eigenvalue weighted by atomic mass is 16.4. The number of carbonyl (C=O) groups is 1. The van der Waals surface area contributed by atoms with Crippen LogP contribution in [0.3, 0.4) is 0 Å². The van der Waals surface area contributed by atoms with E-state index < -0.39 is 5.97 Å². The maximum atomic E-state index is 11.4. The van der Waals surface area contributed by atoms with Crippen LogP contribution >= 0.6 is 0 Å². The van der Waals surface area contributed by atoms with Crippen LogP contribution in [0.5, 0.6) is 0 Å². The molecule has 0 amide bonds. The fourth-order valence-electron chi connectivity index (χ4n) is 8.19. The summed E-state index contributed by atoms with van der Waals surface area (Å²) in [5.74, 6) is 0.576. The number of fused-ring (bicyclic) bond motifs is 5. The molecule has 3 heteroatoms. The summed E-state index contributed by atoms with van der Waals surface area (Å²) in [7, 11) is 0. The van der Waals surface area contributed by atoms with E-state index in [1.807, 2.05) is 0 Å². The van der Waals surface area contributed by atoms with Crippen molar-refractivity contribution in [1.82, 2.24) is 0 Å². The SMILES string of the molecule is C[C@H](CC(=O)O)[C@]1(C)CC=C2C3=CC[C@H]4C(C)(C)[C@H](O)CC[C@]4(C)[C@@H]3CC[C@]21C. The highest BCUT2D eigenvalue weighted by Crippen LogP contribution is 2.70. The Balaban J connectivity index is 1.70. The fourth-order valence-corrected chi connectivity index (χ4v) is 8.19. The summed E-state index contributed by atoms with van der Waals surface area (Å²) < 4.78 is 0. The van der Waals surface area contributed by atoms with Gasteiger partial charge in [-0.15, -0.1) is 0 Å². The van der Waals surface area contributed by atoms with Gasteiger partial charge in [0.1, 0.15) is 0 Å². The Morgan fingerprint density at radius 3 is 2.48 bits per heavy atom. The van der Waals surface area contributed by atoms with Gasteiger partial charge in [-0.2, -0.15) is 0 Å². The molecule has 0 unspecified atom stereocenters. The van der Waals surface area contributed by atoms with E-state index >= 15 is 0 Å². The number of carboxylic acid groups (broad SMARTS) is 1. The Labute approximate surface area is 176 Å². The van der Waals surface area contributed by atoms with Crippen LogP contribution in [0.2, 0.25) is 0 Å². The summed E-state index contributed by atoms with van der Waals surface area (Å²) >= 11 is 0. The minimum Gasteiger partial charge on any atom is -0.481 e. The second-order valence-corrected chi connectivity index (χ2v) is 12.0. The van der Waals surface area contributed by atoms with Crippen LogP contribution in [0.15, 0.2) is 23.3 Å². The topological polar surface area (TPSA) is 57.5 Å². The lowest BCUT2D eigenvalue weighted by molar-refractivity contribution is -0.140. The first-order valence-corrected chi connectivity index (χ1v) is 11.7.